The van der Waals surface area contributed by atoms with Crippen molar-refractivity contribution in [1.82, 2.24) is 0 Å². The van der Waals surface area contributed by atoms with Crippen LogP contribution in [0, 0.1) is 11.3 Å². The SMILES string of the molecule is COCCOC(O)CC#N. The van der Waals surface area contributed by atoms with E-state index in [0.29, 0.717) is 13.2 Å². The summed E-state index contributed by atoms with van der Waals surface area (Å²) in [6, 6.07) is 1.78. The summed E-state index contributed by atoms with van der Waals surface area (Å²) in [7, 11) is 1.54. The molecule has 0 aliphatic heterocycles. The number of rotatable bonds is 5. The van der Waals surface area contributed by atoms with Crippen molar-refractivity contribution >= 4 is 0 Å². The Kier molecular flexibility index (Phi) is 6.08. The predicted octanol–water partition coefficient (Wildman–Crippen LogP) is -0.119. The van der Waals surface area contributed by atoms with Gasteiger partial charge < -0.3 is 14.6 Å². The van der Waals surface area contributed by atoms with Crippen LogP contribution < -0.4 is 0 Å². The van der Waals surface area contributed by atoms with Crippen LogP contribution in [0.15, 0.2) is 0 Å². The van der Waals surface area contributed by atoms with Crippen LogP contribution in [-0.2, 0) is 9.47 Å². The number of methoxy groups -OCH3 is 1. The maximum Gasteiger partial charge on any atom is 0.167 e. The van der Waals surface area contributed by atoms with Gasteiger partial charge in [-0.1, -0.05) is 0 Å². The molecule has 0 aromatic carbocycles. The molecule has 10 heavy (non-hydrogen) atoms. The van der Waals surface area contributed by atoms with Gasteiger partial charge >= 0.3 is 0 Å². The molecule has 0 aliphatic rings. The number of aliphatic hydroxyl groups excluding tert-OH is 1. The molecule has 0 saturated carbocycles. The molecule has 1 unspecified atom stereocenters. The van der Waals surface area contributed by atoms with E-state index in [1.165, 1.54) is 0 Å². The number of hydrogen-bond acceptors (Lipinski definition) is 4. The lowest BCUT2D eigenvalue weighted by Gasteiger charge is -2.06. The zero-order chi connectivity index (χ0) is 7.82. The first-order chi connectivity index (χ1) is 4.81. The zero-order valence-electron chi connectivity index (χ0n) is 5.91. The standard InChI is InChI=1S/C6H11NO3/c1-9-4-5-10-6(8)2-3-7/h6,8H,2,4-5H2,1H3. The monoisotopic (exact) mass is 145 g/mol. The molecule has 58 valence electrons. The van der Waals surface area contributed by atoms with Crippen molar-refractivity contribution in [3.05, 3.63) is 0 Å². The van der Waals surface area contributed by atoms with Crippen LogP contribution in [0.2, 0.25) is 0 Å². The summed E-state index contributed by atoms with van der Waals surface area (Å²) in [6.07, 6.45) is -0.968. The van der Waals surface area contributed by atoms with E-state index in [2.05, 4.69) is 4.74 Å². The van der Waals surface area contributed by atoms with E-state index in [1.807, 2.05) is 0 Å². The van der Waals surface area contributed by atoms with Crippen LogP contribution in [0.3, 0.4) is 0 Å². The van der Waals surface area contributed by atoms with Gasteiger partial charge in [0.15, 0.2) is 6.29 Å². The van der Waals surface area contributed by atoms with E-state index in [1.54, 1.807) is 13.2 Å². The highest BCUT2D eigenvalue weighted by molar-refractivity contribution is 4.69. The third kappa shape index (κ3) is 5.51. The van der Waals surface area contributed by atoms with Gasteiger partial charge in [-0.2, -0.15) is 5.26 Å². The summed E-state index contributed by atoms with van der Waals surface area (Å²) in [6.45, 7) is 0.752. The molecule has 0 spiro atoms. The summed E-state index contributed by atoms with van der Waals surface area (Å²) >= 11 is 0. The quantitative estimate of drug-likeness (QED) is 0.433. The van der Waals surface area contributed by atoms with Gasteiger partial charge in [-0.05, 0) is 0 Å². The number of nitrogens with zero attached hydrogens (tertiary/aromatic N) is 1. The highest BCUT2D eigenvalue weighted by Crippen LogP contribution is 1.90. The minimum absolute atomic E-state index is 0.00368. The van der Waals surface area contributed by atoms with E-state index >= 15 is 0 Å². The third-order valence-corrected chi connectivity index (χ3v) is 0.864. The molecule has 0 aliphatic carbocycles. The molecule has 0 fully saturated rings. The van der Waals surface area contributed by atoms with Crippen molar-refractivity contribution in [2.75, 3.05) is 20.3 Å². The normalized spacial score (nSPS) is 12.5. The summed E-state index contributed by atoms with van der Waals surface area (Å²) in [4.78, 5) is 0. The average Bonchev–Trinajstić information content (AvgIpc) is 1.89. The minimum atomic E-state index is -0.972. The molecule has 0 aromatic rings. The number of aliphatic hydroxyl groups is 1. The van der Waals surface area contributed by atoms with E-state index < -0.39 is 6.29 Å². The highest BCUT2D eigenvalue weighted by Gasteiger charge is 2.00. The van der Waals surface area contributed by atoms with Gasteiger partial charge in [-0.25, -0.2) is 0 Å². The van der Waals surface area contributed by atoms with Crippen molar-refractivity contribution in [3.63, 3.8) is 0 Å². The molecule has 0 rings (SSSR count). The Morgan fingerprint density at radius 1 is 1.60 bits per heavy atom. The maximum absolute atomic E-state index is 8.78. The number of nitriles is 1. The molecule has 1 N–H and O–H groups in total. The largest absolute Gasteiger partial charge is 0.382 e. The smallest absolute Gasteiger partial charge is 0.167 e. The van der Waals surface area contributed by atoms with Gasteiger partial charge in [-0.3, -0.25) is 0 Å². The van der Waals surface area contributed by atoms with Crippen LogP contribution in [0.25, 0.3) is 0 Å². The lowest BCUT2D eigenvalue weighted by atomic mass is 10.5. The van der Waals surface area contributed by atoms with Gasteiger partial charge in [0, 0.05) is 7.11 Å². The van der Waals surface area contributed by atoms with E-state index in [-0.39, 0.29) is 6.42 Å². The van der Waals surface area contributed by atoms with Crippen molar-refractivity contribution in [1.29, 1.82) is 5.26 Å². The summed E-state index contributed by atoms with van der Waals surface area (Å²) in [5.74, 6) is 0. The second kappa shape index (κ2) is 6.49. The number of ether oxygens (including phenoxy) is 2. The molecule has 1 atom stereocenters. The molecule has 0 saturated heterocycles. The Labute approximate surface area is 60.0 Å². The van der Waals surface area contributed by atoms with Crippen molar-refractivity contribution < 1.29 is 14.6 Å². The van der Waals surface area contributed by atoms with Crippen LogP contribution in [-0.4, -0.2) is 31.7 Å². The fourth-order valence-corrected chi connectivity index (χ4v) is 0.405. The van der Waals surface area contributed by atoms with Crippen molar-refractivity contribution in [2.24, 2.45) is 0 Å². The minimum Gasteiger partial charge on any atom is -0.382 e. The Hall–Kier alpha value is -0.630. The first-order valence-electron chi connectivity index (χ1n) is 2.96. The molecule has 0 aromatic heterocycles. The molecule has 0 heterocycles. The Bertz CT molecular complexity index is 110. The average molecular weight is 145 g/mol. The molecular weight excluding hydrogens is 134 g/mol. The third-order valence-electron chi connectivity index (χ3n) is 0.864. The predicted molar refractivity (Wildman–Crippen MR) is 34.1 cm³/mol. The fourth-order valence-electron chi connectivity index (χ4n) is 0.405. The van der Waals surface area contributed by atoms with Gasteiger partial charge in [0.05, 0.1) is 25.7 Å². The summed E-state index contributed by atoms with van der Waals surface area (Å²) < 4.78 is 9.38. The second-order valence-electron chi connectivity index (χ2n) is 1.68. The summed E-state index contributed by atoms with van der Waals surface area (Å²) in [5, 5.41) is 16.8. The Morgan fingerprint density at radius 3 is 2.80 bits per heavy atom. The van der Waals surface area contributed by atoms with E-state index in [9.17, 15) is 0 Å². The van der Waals surface area contributed by atoms with Crippen LogP contribution in [0.1, 0.15) is 6.42 Å². The maximum atomic E-state index is 8.78. The van der Waals surface area contributed by atoms with Crippen molar-refractivity contribution in [2.45, 2.75) is 12.7 Å². The second-order valence-corrected chi connectivity index (χ2v) is 1.68. The van der Waals surface area contributed by atoms with E-state index in [0.717, 1.165) is 0 Å². The molecule has 4 heteroatoms. The zero-order valence-corrected chi connectivity index (χ0v) is 5.91. The van der Waals surface area contributed by atoms with Crippen LogP contribution in [0.5, 0.6) is 0 Å². The van der Waals surface area contributed by atoms with Gasteiger partial charge in [-0.15, -0.1) is 0 Å². The highest BCUT2D eigenvalue weighted by atomic mass is 16.6. The van der Waals surface area contributed by atoms with Gasteiger partial charge in [0.2, 0.25) is 0 Å². The fraction of sp³-hybridized carbons (Fsp3) is 0.833. The molecular formula is C6H11NO3. The topological polar surface area (TPSA) is 62.5 Å². The molecule has 0 radical (unpaired) electrons. The Balaban J connectivity index is 3.06. The lowest BCUT2D eigenvalue weighted by molar-refractivity contribution is -0.105. The van der Waals surface area contributed by atoms with Gasteiger partial charge in [0.25, 0.3) is 0 Å². The van der Waals surface area contributed by atoms with E-state index in [4.69, 9.17) is 15.1 Å². The molecule has 4 nitrogen and oxygen atoms in total. The van der Waals surface area contributed by atoms with Gasteiger partial charge in [0.1, 0.15) is 0 Å². The summed E-state index contributed by atoms with van der Waals surface area (Å²) in [5.41, 5.74) is 0. The van der Waals surface area contributed by atoms with Crippen molar-refractivity contribution in [3.8, 4) is 6.07 Å². The van der Waals surface area contributed by atoms with Crippen LogP contribution in [0.4, 0.5) is 0 Å². The number of hydrogen-bond donors (Lipinski definition) is 1. The molecule has 0 amide bonds. The first kappa shape index (κ1) is 9.37. The lowest BCUT2D eigenvalue weighted by Crippen LogP contribution is -2.14. The van der Waals surface area contributed by atoms with Crippen LogP contribution >= 0.6 is 0 Å². The molecule has 0 bridgehead atoms. The first-order valence-corrected chi connectivity index (χ1v) is 2.96. The Morgan fingerprint density at radius 2 is 2.30 bits per heavy atom.